The van der Waals surface area contributed by atoms with Crippen LogP contribution in [0.2, 0.25) is 5.02 Å². The van der Waals surface area contributed by atoms with E-state index < -0.39 is 10.0 Å². The third-order valence-electron chi connectivity index (χ3n) is 3.93. The number of piperazine rings is 1. The zero-order valence-electron chi connectivity index (χ0n) is 13.1. The number of amides is 1. The third kappa shape index (κ3) is 3.33. The van der Waals surface area contributed by atoms with Crippen molar-refractivity contribution in [2.45, 2.75) is 11.8 Å². The van der Waals surface area contributed by atoms with Crippen molar-refractivity contribution in [2.24, 2.45) is 0 Å². The largest absolute Gasteiger partial charge is 0.456 e. The number of hydrogen-bond donors (Lipinski definition) is 0. The van der Waals surface area contributed by atoms with E-state index in [9.17, 15) is 13.2 Å². The number of hydrogen-bond acceptors (Lipinski definition) is 4. The number of carbonyl (C=O) groups excluding carboxylic acids is 1. The van der Waals surface area contributed by atoms with E-state index in [0.717, 1.165) is 0 Å². The summed E-state index contributed by atoms with van der Waals surface area (Å²) in [6.45, 7) is 2.91. The van der Waals surface area contributed by atoms with Crippen molar-refractivity contribution in [1.82, 2.24) is 9.21 Å². The first-order chi connectivity index (χ1) is 11.4. The van der Waals surface area contributed by atoms with Gasteiger partial charge in [0.25, 0.3) is 5.91 Å². The monoisotopic (exact) mass is 368 g/mol. The Morgan fingerprint density at radius 2 is 1.67 bits per heavy atom. The van der Waals surface area contributed by atoms with Crippen LogP contribution >= 0.6 is 11.6 Å². The number of sulfonamides is 1. The predicted octanol–water partition coefficient (Wildman–Crippen LogP) is 2.39. The molecule has 1 saturated heterocycles. The maximum absolute atomic E-state index is 12.6. The summed E-state index contributed by atoms with van der Waals surface area (Å²) in [5.74, 6) is 0.732. The lowest BCUT2D eigenvalue weighted by Gasteiger charge is -2.33. The molecule has 0 saturated carbocycles. The number of aryl methyl sites for hydroxylation is 1. The van der Waals surface area contributed by atoms with Crippen LogP contribution in [0.25, 0.3) is 0 Å². The summed E-state index contributed by atoms with van der Waals surface area (Å²) in [7, 11) is -3.58. The van der Waals surface area contributed by atoms with Gasteiger partial charge in [-0.25, -0.2) is 8.42 Å². The number of nitrogens with zero attached hydrogens (tertiary/aromatic N) is 2. The standard InChI is InChI=1S/C16H17ClN2O4S/c1-12-2-7-15(23-12)16(20)18-8-10-19(11-9-18)24(21,22)14-5-3-13(17)4-6-14/h2-7H,8-11H2,1H3. The second-order valence-corrected chi connectivity index (χ2v) is 7.93. The van der Waals surface area contributed by atoms with Gasteiger partial charge in [-0.15, -0.1) is 0 Å². The number of carbonyl (C=O) groups is 1. The fraction of sp³-hybridized carbons (Fsp3) is 0.312. The van der Waals surface area contributed by atoms with Crippen molar-refractivity contribution < 1.29 is 17.6 Å². The molecule has 6 nitrogen and oxygen atoms in total. The van der Waals surface area contributed by atoms with Gasteiger partial charge < -0.3 is 9.32 Å². The zero-order valence-corrected chi connectivity index (χ0v) is 14.7. The molecule has 1 aromatic carbocycles. The smallest absolute Gasteiger partial charge is 0.289 e. The maximum Gasteiger partial charge on any atom is 0.289 e. The lowest BCUT2D eigenvalue weighted by molar-refractivity contribution is 0.0664. The number of benzene rings is 1. The summed E-state index contributed by atoms with van der Waals surface area (Å²) in [5.41, 5.74) is 0. The van der Waals surface area contributed by atoms with E-state index in [-0.39, 0.29) is 29.7 Å². The van der Waals surface area contributed by atoms with Crippen molar-refractivity contribution in [3.05, 3.63) is 52.9 Å². The molecule has 0 spiro atoms. The van der Waals surface area contributed by atoms with E-state index in [1.807, 2.05) is 0 Å². The molecule has 1 aliphatic heterocycles. The summed E-state index contributed by atoms with van der Waals surface area (Å²) >= 11 is 5.80. The Labute approximate surface area is 145 Å². The van der Waals surface area contributed by atoms with Gasteiger partial charge in [0.1, 0.15) is 5.76 Å². The van der Waals surface area contributed by atoms with Gasteiger partial charge in [0.05, 0.1) is 4.90 Å². The number of halogens is 1. The molecule has 1 amide bonds. The molecular weight excluding hydrogens is 352 g/mol. The molecule has 0 N–H and O–H groups in total. The van der Waals surface area contributed by atoms with Crippen molar-refractivity contribution in [1.29, 1.82) is 0 Å². The molecule has 0 radical (unpaired) electrons. The van der Waals surface area contributed by atoms with Crippen LogP contribution in [-0.2, 0) is 10.0 Å². The Hall–Kier alpha value is -1.83. The van der Waals surface area contributed by atoms with Crippen LogP contribution in [0.15, 0.2) is 45.7 Å². The highest BCUT2D eigenvalue weighted by Crippen LogP contribution is 2.20. The van der Waals surface area contributed by atoms with Gasteiger partial charge in [0.15, 0.2) is 5.76 Å². The highest BCUT2D eigenvalue weighted by molar-refractivity contribution is 7.89. The topological polar surface area (TPSA) is 70.8 Å². The Morgan fingerprint density at radius 3 is 2.21 bits per heavy atom. The molecule has 8 heteroatoms. The molecule has 2 aromatic rings. The normalized spacial score (nSPS) is 16.3. The third-order valence-corrected chi connectivity index (χ3v) is 6.09. The first kappa shape index (κ1) is 17.0. The summed E-state index contributed by atoms with van der Waals surface area (Å²) in [6.07, 6.45) is 0. The van der Waals surface area contributed by atoms with E-state index in [2.05, 4.69) is 0 Å². The van der Waals surface area contributed by atoms with Gasteiger partial charge in [-0.3, -0.25) is 4.79 Å². The minimum atomic E-state index is -3.58. The van der Waals surface area contributed by atoms with Crippen LogP contribution in [-0.4, -0.2) is 49.7 Å². The van der Waals surface area contributed by atoms with Crippen LogP contribution in [0.1, 0.15) is 16.3 Å². The van der Waals surface area contributed by atoms with Crippen molar-refractivity contribution in [3.8, 4) is 0 Å². The van der Waals surface area contributed by atoms with Gasteiger partial charge in [-0.05, 0) is 43.3 Å². The second-order valence-electron chi connectivity index (χ2n) is 5.56. The Balaban J connectivity index is 1.68. The average Bonchev–Trinajstić information content (AvgIpc) is 3.01. The SMILES string of the molecule is Cc1ccc(C(=O)N2CCN(S(=O)(=O)c3ccc(Cl)cc3)CC2)o1. The Kier molecular flexibility index (Phi) is 4.67. The molecule has 0 bridgehead atoms. The molecule has 1 fully saturated rings. The fourth-order valence-corrected chi connectivity index (χ4v) is 4.14. The molecule has 2 heterocycles. The summed E-state index contributed by atoms with van der Waals surface area (Å²) in [5, 5.41) is 0.484. The van der Waals surface area contributed by atoms with E-state index in [1.165, 1.54) is 16.4 Å². The van der Waals surface area contributed by atoms with E-state index in [0.29, 0.717) is 23.9 Å². The Morgan fingerprint density at radius 1 is 1.04 bits per heavy atom. The predicted molar refractivity (Wildman–Crippen MR) is 89.6 cm³/mol. The van der Waals surface area contributed by atoms with Gasteiger partial charge in [0.2, 0.25) is 10.0 Å². The number of furan rings is 1. The highest BCUT2D eigenvalue weighted by Gasteiger charge is 2.31. The van der Waals surface area contributed by atoms with Gasteiger partial charge in [0, 0.05) is 31.2 Å². The average molecular weight is 369 g/mol. The quantitative estimate of drug-likeness (QED) is 0.834. The summed E-state index contributed by atoms with van der Waals surface area (Å²) < 4.78 is 31.9. The molecule has 0 aliphatic carbocycles. The molecular formula is C16H17ClN2O4S. The lowest BCUT2D eigenvalue weighted by Crippen LogP contribution is -2.50. The van der Waals surface area contributed by atoms with Crippen LogP contribution in [0.5, 0.6) is 0 Å². The lowest BCUT2D eigenvalue weighted by atomic mass is 10.3. The van der Waals surface area contributed by atoms with Crippen molar-refractivity contribution >= 4 is 27.5 Å². The minimum absolute atomic E-state index is 0.202. The van der Waals surface area contributed by atoms with Crippen LogP contribution in [0, 0.1) is 6.92 Å². The molecule has 1 aromatic heterocycles. The molecule has 24 heavy (non-hydrogen) atoms. The molecule has 128 valence electrons. The first-order valence-electron chi connectivity index (χ1n) is 7.49. The molecule has 0 unspecified atom stereocenters. The highest BCUT2D eigenvalue weighted by atomic mass is 35.5. The maximum atomic E-state index is 12.6. The van der Waals surface area contributed by atoms with Gasteiger partial charge in [-0.2, -0.15) is 4.31 Å². The molecule has 1 aliphatic rings. The van der Waals surface area contributed by atoms with E-state index in [4.69, 9.17) is 16.0 Å². The van der Waals surface area contributed by atoms with Crippen LogP contribution < -0.4 is 0 Å². The summed E-state index contributed by atoms with van der Waals surface area (Å²) in [4.78, 5) is 14.1. The first-order valence-corrected chi connectivity index (χ1v) is 9.31. The van der Waals surface area contributed by atoms with E-state index >= 15 is 0 Å². The van der Waals surface area contributed by atoms with Crippen molar-refractivity contribution in [2.75, 3.05) is 26.2 Å². The molecule has 0 atom stereocenters. The van der Waals surface area contributed by atoms with Crippen molar-refractivity contribution in [3.63, 3.8) is 0 Å². The zero-order chi connectivity index (χ0) is 17.3. The Bertz CT molecular complexity index is 837. The molecule has 3 rings (SSSR count). The van der Waals surface area contributed by atoms with Gasteiger partial charge in [-0.1, -0.05) is 11.6 Å². The van der Waals surface area contributed by atoms with Crippen LogP contribution in [0.3, 0.4) is 0 Å². The second kappa shape index (κ2) is 6.58. The minimum Gasteiger partial charge on any atom is -0.456 e. The fourth-order valence-electron chi connectivity index (χ4n) is 2.59. The summed E-state index contributed by atoms with van der Waals surface area (Å²) in [6, 6.07) is 9.44. The van der Waals surface area contributed by atoms with Gasteiger partial charge >= 0.3 is 0 Å². The number of rotatable bonds is 3. The van der Waals surface area contributed by atoms with E-state index in [1.54, 1.807) is 36.1 Å². The van der Waals surface area contributed by atoms with Crippen LogP contribution in [0.4, 0.5) is 0 Å².